The van der Waals surface area contributed by atoms with Crippen molar-refractivity contribution >= 4 is 6.03 Å². The molecule has 1 aliphatic carbocycles. The number of urea groups is 1. The number of hydrogen-bond donors (Lipinski definition) is 2. The van der Waals surface area contributed by atoms with Crippen LogP contribution in [-0.2, 0) is 0 Å². The van der Waals surface area contributed by atoms with Crippen molar-refractivity contribution in [1.82, 2.24) is 15.1 Å². The molecule has 0 aromatic heterocycles. The molecule has 0 aromatic carbocycles. The van der Waals surface area contributed by atoms with Gasteiger partial charge in [-0.15, -0.1) is 0 Å². The fraction of sp³-hybridized carbons (Fsp3) is 0.938. The van der Waals surface area contributed by atoms with E-state index in [0.717, 1.165) is 31.7 Å². The zero-order chi connectivity index (χ0) is 15.2. The molecule has 122 valence electrons. The first-order valence-corrected chi connectivity index (χ1v) is 8.45. The van der Waals surface area contributed by atoms with Gasteiger partial charge in [0.2, 0.25) is 0 Å². The second kappa shape index (κ2) is 7.99. The molecule has 0 bridgehead atoms. The first-order chi connectivity index (χ1) is 10.1. The SMILES string of the molecule is CC1CCCN(CCCNC(=O)N(C)CC(O)C2CC2)C1. The third-order valence-corrected chi connectivity index (χ3v) is 4.64. The second-order valence-electron chi connectivity index (χ2n) is 6.92. The molecule has 2 N–H and O–H groups in total. The van der Waals surface area contributed by atoms with Crippen LogP contribution in [0, 0.1) is 11.8 Å². The summed E-state index contributed by atoms with van der Waals surface area (Å²) in [5.41, 5.74) is 0. The molecular weight excluding hydrogens is 266 g/mol. The Balaban J connectivity index is 1.53. The highest BCUT2D eigenvalue weighted by Crippen LogP contribution is 2.32. The number of carbonyl (C=O) groups is 1. The maximum atomic E-state index is 11.9. The summed E-state index contributed by atoms with van der Waals surface area (Å²) in [5, 5.41) is 12.8. The largest absolute Gasteiger partial charge is 0.391 e. The van der Waals surface area contributed by atoms with Gasteiger partial charge in [0.05, 0.1) is 6.10 Å². The van der Waals surface area contributed by atoms with Crippen LogP contribution in [0.2, 0.25) is 0 Å². The molecule has 1 saturated carbocycles. The topological polar surface area (TPSA) is 55.8 Å². The Morgan fingerprint density at radius 2 is 2.19 bits per heavy atom. The number of nitrogens with one attached hydrogen (secondary N) is 1. The summed E-state index contributed by atoms with van der Waals surface area (Å²) in [5.74, 6) is 1.23. The van der Waals surface area contributed by atoms with Crippen LogP contribution in [0.3, 0.4) is 0 Å². The number of carbonyl (C=O) groups excluding carboxylic acids is 1. The van der Waals surface area contributed by atoms with Gasteiger partial charge in [0.15, 0.2) is 0 Å². The zero-order valence-electron chi connectivity index (χ0n) is 13.6. The Kier molecular flexibility index (Phi) is 6.30. The van der Waals surface area contributed by atoms with Crippen molar-refractivity contribution in [3.8, 4) is 0 Å². The molecule has 2 unspecified atom stereocenters. The van der Waals surface area contributed by atoms with E-state index in [0.29, 0.717) is 19.0 Å². The monoisotopic (exact) mass is 297 g/mol. The molecule has 2 rings (SSSR count). The minimum absolute atomic E-state index is 0.0679. The van der Waals surface area contributed by atoms with Crippen molar-refractivity contribution < 1.29 is 9.90 Å². The third kappa shape index (κ3) is 5.83. The van der Waals surface area contributed by atoms with Gasteiger partial charge in [0, 0.05) is 26.7 Å². The van der Waals surface area contributed by atoms with Crippen molar-refractivity contribution in [3.05, 3.63) is 0 Å². The number of aliphatic hydroxyl groups is 1. The zero-order valence-corrected chi connectivity index (χ0v) is 13.6. The highest BCUT2D eigenvalue weighted by molar-refractivity contribution is 5.73. The predicted octanol–water partition coefficient (Wildman–Crippen LogP) is 1.52. The highest BCUT2D eigenvalue weighted by Gasteiger charge is 2.31. The number of likely N-dealkylation sites (N-methyl/N-ethyl adjacent to an activating group) is 1. The minimum atomic E-state index is -0.351. The first kappa shape index (κ1) is 16.6. The highest BCUT2D eigenvalue weighted by atomic mass is 16.3. The fourth-order valence-corrected chi connectivity index (χ4v) is 3.12. The lowest BCUT2D eigenvalue weighted by Gasteiger charge is -2.30. The van der Waals surface area contributed by atoms with Gasteiger partial charge in [-0.05, 0) is 57.0 Å². The lowest BCUT2D eigenvalue weighted by molar-refractivity contribution is 0.113. The Morgan fingerprint density at radius 3 is 2.86 bits per heavy atom. The van der Waals surface area contributed by atoms with Gasteiger partial charge in [-0.2, -0.15) is 0 Å². The maximum absolute atomic E-state index is 11.9. The van der Waals surface area contributed by atoms with E-state index in [1.54, 1.807) is 11.9 Å². The molecule has 2 aliphatic rings. The van der Waals surface area contributed by atoms with Gasteiger partial charge in [-0.1, -0.05) is 6.92 Å². The molecule has 1 saturated heterocycles. The molecule has 1 heterocycles. The molecular formula is C16H31N3O2. The number of aliphatic hydroxyl groups excluding tert-OH is 1. The van der Waals surface area contributed by atoms with Crippen LogP contribution in [0.5, 0.6) is 0 Å². The van der Waals surface area contributed by atoms with E-state index >= 15 is 0 Å². The van der Waals surface area contributed by atoms with Crippen molar-refractivity contribution in [2.45, 2.75) is 45.1 Å². The van der Waals surface area contributed by atoms with E-state index < -0.39 is 0 Å². The Morgan fingerprint density at radius 1 is 1.43 bits per heavy atom. The van der Waals surface area contributed by atoms with E-state index in [1.807, 2.05) is 0 Å². The Hall–Kier alpha value is -0.810. The molecule has 1 aliphatic heterocycles. The van der Waals surface area contributed by atoms with Gasteiger partial charge >= 0.3 is 6.03 Å². The Bertz CT molecular complexity index is 333. The van der Waals surface area contributed by atoms with Crippen molar-refractivity contribution in [2.75, 3.05) is 39.8 Å². The second-order valence-corrected chi connectivity index (χ2v) is 6.92. The van der Waals surface area contributed by atoms with Crippen molar-refractivity contribution in [3.63, 3.8) is 0 Å². The van der Waals surface area contributed by atoms with Crippen LogP contribution in [0.25, 0.3) is 0 Å². The van der Waals surface area contributed by atoms with E-state index in [1.165, 1.54) is 25.9 Å². The van der Waals surface area contributed by atoms with Gasteiger partial charge in [0.25, 0.3) is 0 Å². The Labute approximate surface area is 128 Å². The number of piperidine rings is 1. The van der Waals surface area contributed by atoms with Crippen LogP contribution in [0.15, 0.2) is 0 Å². The summed E-state index contributed by atoms with van der Waals surface area (Å²) in [7, 11) is 1.76. The molecule has 5 nitrogen and oxygen atoms in total. The van der Waals surface area contributed by atoms with E-state index in [2.05, 4.69) is 17.1 Å². The molecule has 2 atom stereocenters. The van der Waals surface area contributed by atoms with Crippen LogP contribution >= 0.6 is 0 Å². The first-order valence-electron chi connectivity index (χ1n) is 8.45. The number of hydrogen-bond acceptors (Lipinski definition) is 3. The molecule has 0 radical (unpaired) electrons. The van der Waals surface area contributed by atoms with Crippen molar-refractivity contribution in [1.29, 1.82) is 0 Å². The van der Waals surface area contributed by atoms with E-state index in [-0.39, 0.29) is 12.1 Å². The minimum Gasteiger partial charge on any atom is -0.391 e. The maximum Gasteiger partial charge on any atom is 0.317 e. The molecule has 0 spiro atoms. The summed E-state index contributed by atoms with van der Waals surface area (Å²) in [6, 6.07) is -0.0679. The standard InChI is InChI=1S/C16H31N3O2/c1-13-5-3-9-19(11-13)10-4-8-17-16(21)18(2)12-15(20)14-6-7-14/h13-15,20H,3-12H2,1-2H3,(H,17,21). The van der Waals surface area contributed by atoms with Crippen LogP contribution in [0.1, 0.15) is 39.0 Å². The van der Waals surface area contributed by atoms with Crippen LogP contribution in [-0.4, -0.2) is 66.8 Å². The number of rotatable bonds is 7. The molecule has 0 aromatic rings. The lowest BCUT2D eigenvalue weighted by atomic mass is 10.0. The van der Waals surface area contributed by atoms with Crippen LogP contribution < -0.4 is 5.32 Å². The summed E-state index contributed by atoms with van der Waals surface area (Å²) in [4.78, 5) is 16.0. The molecule has 2 fully saturated rings. The molecule has 5 heteroatoms. The van der Waals surface area contributed by atoms with Crippen molar-refractivity contribution in [2.24, 2.45) is 11.8 Å². The van der Waals surface area contributed by atoms with Gasteiger partial charge < -0.3 is 20.2 Å². The van der Waals surface area contributed by atoms with Gasteiger partial charge in [-0.25, -0.2) is 4.79 Å². The smallest absolute Gasteiger partial charge is 0.317 e. The average Bonchev–Trinajstić information content (AvgIpc) is 3.28. The quantitative estimate of drug-likeness (QED) is 0.701. The van der Waals surface area contributed by atoms with Crippen LogP contribution in [0.4, 0.5) is 4.79 Å². The van der Waals surface area contributed by atoms with E-state index in [4.69, 9.17) is 0 Å². The summed E-state index contributed by atoms with van der Waals surface area (Å²) in [6.07, 6.45) is 5.50. The molecule has 2 amide bonds. The predicted molar refractivity (Wildman–Crippen MR) is 84.2 cm³/mol. The lowest BCUT2D eigenvalue weighted by Crippen LogP contribution is -2.43. The normalized spacial score (nSPS) is 24.6. The number of amides is 2. The average molecular weight is 297 g/mol. The molecule has 21 heavy (non-hydrogen) atoms. The summed E-state index contributed by atoms with van der Waals surface area (Å²) in [6.45, 7) is 6.94. The fourth-order valence-electron chi connectivity index (χ4n) is 3.12. The number of nitrogens with zero attached hydrogens (tertiary/aromatic N) is 2. The van der Waals surface area contributed by atoms with Gasteiger partial charge in [0.1, 0.15) is 0 Å². The summed E-state index contributed by atoms with van der Waals surface area (Å²) < 4.78 is 0. The summed E-state index contributed by atoms with van der Waals surface area (Å²) >= 11 is 0. The number of likely N-dealkylation sites (tertiary alicyclic amines) is 1. The van der Waals surface area contributed by atoms with E-state index in [9.17, 15) is 9.90 Å². The third-order valence-electron chi connectivity index (χ3n) is 4.64. The van der Waals surface area contributed by atoms with Gasteiger partial charge in [-0.3, -0.25) is 0 Å².